The summed E-state index contributed by atoms with van der Waals surface area (Å²) in [7, 11) is 3.06. The predicted molar refractivity (Wildman–Crippen MR) is 57.4 cm³/mol. The Morgan fingerprint density at radius 1 is 1.33 bits per heavy atom. The molecule has 0 bridgehead atoms. The van der Waals surface area contributed by atoms with Crippen LogP contribution in [0.4, 0.5) is 0 Å². The Kier molecular flexibility index (Phi) is 5.93. The van der Waals surface area contributed by atoms with Gasteiger partial charge in [0.05, 0.1) is 13.7 Å². The molecule has 1 amide bonds. The molecule has 1 atom stereocenters. The van der Waals surface area contributed by atoms with Crippen LogP contribution in [0.3, 0.4) is 0 Å². The van der Waals surface area contributed by atoms with Gasteiger partial charge in [0.25, 0.3) is 0 Å². The molecule has 0 spiro atoms. The molecule has 1 N–H and O–H groups in total. The monoisotopic (exact) mass is 216 g/mol. The second-order valence-electron chi connectivity index (χ2n) is 3.72. The van der Waals surface area contributed by atoms with Gasteiger partial charge in [-0.1, -0.05) is 0 Å². The number of hydrogen-bond acceptors (Lipinski definition) is 4. The summed E-state index contributed by atoms with van der Waals surface area (Å²) in [5.74, 6) is -0.407. The van der Waals surface area contributed by atoms with Gasteiger partial charge in [-0.2, -0.15) is 0 Å². The molecule has 0 radical (unpaired) electrons. The largest absolute Gasteiger partial charge is 0.468 e. The van der Waals surface area contributed by atoms with E-state index < -0.39 is 6.04 Å². The molecule has 1 unspecified atom stereocenters. The number of nitrogens with one attached hydrogen (secondary N) is 1. The van der Waals surface area contributed by atoms with Crippen LogP contribution >= 0.6 is 0 Å². The lowest BCUT2D eigenvalue weighted by Gasteiger charge is -2.22. The lowest BCUT2D eigenvalue weighted by molar-refractivity contribution is -0.142. The number of rotatable bonds is 5. The minimum Gasteiger partial charge on any atom is -0.468 e. The lowest BCUT2D eigenvalue weighted by atomic mass is 10.3. The number of carbonyl (C=O) groups is 2. The van der Waals surface area contributed by atoms with Gasteiger partial charge in [-0.05, 0) is 20.8 Å². The van der Waals surface area contributed by atoms with Crippen LogP contribution in [-0.2, 0) is 14.3 Å². The van der Waals surface area contributed by atoms with Crippen LogP contribution < -0.4 is 5.32 Å². The van der Waals surface area contributed by atoms with Gasteiger partial charge in [0.15, 0.2) is 0 Å². The topological polar surface area (TPSA) is 58.6 Å². The van der Waals surface area contributed by atoms with E-state index in [1.807, 2.05) is 13.8 Å². The normalized spacial score (nSPS) is 12.4. The molecule has 5 nitrogen and oxygen atoms in total. The molecule has 0 saturated carbocycles. The van der Waals surface area contributed by atoms with Crippen LogP contribution in [0.25, 0.3) is 0 Å². The highest BCUT2D eigenvalue weighted by Gasteiger charge is 2.16. The van der Waals surface area contributed by atoms with Crippen molar-refractivity contribution in [3.63, 3.8) is 0 Å². The van der Waals surface area contributed by atoms with Crippen molar-refractivity contribution in [2.45, 2.75) is 32.9 Å². The molecule has 0 aliphatic rings. The van der Waals surface area contributed by atoms with Crippen molar-refractivity contribution in [1.29, 1.82) is 0 Å². The van der Waals surface area contributed by atoms with E-state index in [0.29, 0.717) is 0 Å². The maximum atomic E-state index is 11.5. The van der Waals surface area contributed by atoms with Gasteiger partial charge in [0, 0.05) is 13.1 Å². The highest BCUT2D eigenvalue weighted by atomic mass is 16.5. The first-order chi connectivity index (χ1) is 6.90. The molecule has 0 fully saturated rings. The Labute approximate surface area is 90.8 Å². The van der Waals surface area contributed by atoms with Gasteiger partial charge in [0.1, 0.15) is 6.04 Å². The Balaban J connectivity index is 3.95. The predicted octanol–water partition coefficient (Wildman–Crippen LogP) is 0.00430. The molecule has 0 aromatic carbocycles. The standard InChI is InChI=1S/C10H20N2O3/c1-7(2)12(4)9(13)6-11-8(3)10(14)15-5/h7-8,11H,6H2,1-5H3. The number of likely N-dealkylation sites (N-methyl/N-ethyl adjacent to an activating group) is 1. The molecule has 0 rings (SSSR count). The van der Waals surface area contributed by atoms with E-state index >= 15 is 0 Å². The van der Waals surface area contributed by atoms with Crippen LogP contribution in [0, 0.1) is 0 Å². The fourth-order valence-corrected chi connectivity index (χ4v) is 0.913. The third-order valence-corrected chi connectivity index (χ3v) is 2.28. The van der Waals surface area contributed by atoms with E-state index in [1.165, 1.54) is 7.11 Å². The summed E-state index contributed by atoms with van der Waals surface area (Å²) in [5.41, 5.74) is 0. The zero-order chi connectivity index (χ0) is 12.0. The van der Waals surface area contributed by atoms with E-state index in [-0.39, 0.29) is 24.5 Å². The SMILES string of the molecule is COC(=O)C(C)NCC(=O)N(C)C(C)C. The molecular weight excluding hydrogens is 196 g/mol. The number of nitrogens with zero attached hydrogens (tertiary/aromatic N) is 1. The first kappa shape index (κ1) is 13.9. The van der Waals surface area contributed by atoms with Crippen LogP contribution in [0.1, 0.15) is 20.8 Å². The fourth-order valence-electron chi connectivity index (χ4n) is 0.913. The molecule has 0 aromatic heterocycles. The minimum atomic E-state index is -0.459. The van der Waals surface area contributed by atoms with E-state index in [1.54, 1.807) is 18.9 Å². The molecule has 5 heteroatoms. The number of ether oxygens (including phenoxy) is 1. The Hall–Kier alpha value is -1.10. The minimum absolute atomic E-state index is 0.0410. The third-order valence-electron chi connectivity index (χ3n) is 2.28. The highest BCUT2D eigenvalue weighted by Crippen LogP contribution is 1.94. The van der Waals surface area contributed by atoms with Crippen molar-refractivity contribution in [2.24, 2.45) is 0 Å². The first-order valence-electron chi connectivity index (χ1n) is 4.97. The zero-order valence-corrected chi connectivity index (χ0v) is 10.0. The Bertz CT molecular complexity index is 229. The zero-order valence-electron chi connectivity index (χ0n) is 10.0. The molecular formula is C10H20N2O3. The quantitative estimate of drug-likeness (QED) is 0.657. The lowest BCUT2D eigenvalue weighted by Crippen LogP contribution is -2.44. The molecule has 0 aromatic rings. The Morgan fingerprint density at radius 2 is 1.87 bits per heavy atom. The van der Waals surface area contributed by atoms with E-state index in [9.17, 15) is 9.59 Å². The van der Waals surface area contributed by atoms with Crippen LogP contribution in [-0.4, -0.2) is 49.6 Å². The number of esters is 1. The van der Waals surface area contributed by atoms with Crippen molar-refractivity contribution in [1.82, 2.24) is 10.2 Å². The third kappa shape index (κ3) is 4.78. The number of amides is 1. The van der Waals surface area contributed by atoms with Crippen molar-refractivity contribution < 1.29 is 14.3 Å². The highest BCUT2D eigenvalue weighted by molar-refractivity contribution is 5.80. The second kappa shape index (κ2) is 6.40. The summed E-state index contributed by atoms with van der Waals surface area (Å²) in [6, 6.07) is -0.299. The average Bonchev–Trinajstić information content (AvgIpc) is 2.22. The first-order valence-corrected chi connectivity index (χ1v) is 4.97. The molecule has 15 heavy (non-hydrogen) atoms. The van der Waals surface area contributed by atoms with Crippen LogP contribution in [0.15, 0.2) is 0 Å². The number of carbonyl (C=O) groups excluding carboxylic acids is 2. The number of methoxy groups -OCH3 is 1. The fraction of sp³-hybridized carbons (Fsp3) is 0.800. The summed E-state index contributed by atoms with van der Waals surface area (Å²) in [4.78, 5) is 24.2. The van der Waals surface area contributed by atoms with Crippen LogP contribution in [0.5, 0.6) is 0 Å². The molecule has 88 valence electrons. The number of hydrogen-bond donors (Lipinski definition) is 1. The van der Waals surface area contributed by atoms with E-state index in [2.05, 4.69) is 10.1 Å². The maximum Gasteiger partial charge on any atom is 0.322 e. The van der Waals surface area contributed by atoms with Gasteiger partial charge >= 0.3 is 5.97 Å². The van der Waals surface area contributed by atoms with Crippen molar-refractivity contribution >= 4 is 11.9 Å². The molecule has 0 saturated heterocycles. The summed E-state index contributed by atoms with van der Waals surface area (Å²) < 4.78 is 4.53. The van der Waals surface area contributed by atoms with Gasteiger partial charge in [-0.15, -0.1) is 0 Å². The summed E-state index contributed by atoms with van der Waals surface area (Å²) in [5, 5.41) is 2.80. The molecule has 0 aliphatic carbocycles. The summed E-state index contributed by atoms with van der Waals surface area (Å²) in [6.45, 7) is 5.67. The van der Waals surface area contributed by atoms with Gasteiger partial charge in [-0.25, -0.2) is 0 Å². The Morgan fingerprint density at radius 3 is 2.27 bits per heavy atom. The smallest absolute Gasteiger partial charge is 0.322 e. The maximum absolute atomic E-state index is 11.5. The molecule has 0 aliphatic heterocycles. The van der Waals surface area contributed by atoms with Crippen molar-refractivity contribution in [3.05, 3.63) is 0 Å². The van der Waals surface area contributed by atoms with Crippen LogP contribution in [0.2, 0.25) is 0 Å². The van der Waals surface area contributed by atoms with Gasteiger partial charge in [-0.3, -0.25) is 14.9 Å². The second-order valence-corrected chi connectivity index (χ2v) is 3.72. The average molecular weight is 216 g/mol. The molecule has 0 heterocycles. The van der Waals surface area contributed by atoms with Gasteiger partial charge in [0.2, 0.25) is 5.91 Å². The van der Waals surface area contributed by atoms with E-state index in [0.717, 1.165) is 0 Å². The van der Waals surface area contributed by atoms with Gasteiger partial charge < -0.3 is 9.64 Å². The summed E-state index contributed by atoms with van der Waals surface area (Å²) in [6.07, 6.45) is 0. The van der Waals surface area contributed by atoms with E-state index in [4.69, 9.17) is 0 Å². The van der Waals surface area contributed by atoms with Crippen molar-refractivity contribution in [2.75, 3.05) is 20.7 Å². The van der Waals surface area contributed by atoms with Crippen molar-refractivity contribution in [3.8, 4) is 0 Å². The summed E-state index contributed by atoms with van der Waals surface area (Å²) >= 11 is 0.